The topological polar surface area (TPSA) is 0 Å². The molecule has 7 heteroatoms. The summed E-state index contributed by atoms with van der Waals surface area (Å²) in [7, 11) is 0. The van der Waals surface area contributed by atoms with Crippen molar-refractivity contribution in [2.45, 2.75) is 132 Å². The van der Waals surface area contributed by atoms with Crippen molar-refractivity contribution in [2.24, 2.45) is 11.8 Å². The van der Waals surface area contributed by atoms with Gasteiger partial charge in [-0.05, 0) is 0 Å². The molecule has 0 bridgehead atoms. The number of hydrogen-bond acceptors (Lipinski definition) is 0. The molecule has 2 fully saturated rings. The Balaban J connectivity index is 0.00000293. The Morgan fingerprint density at radius 3 is 1.31 bits per heavy atom. The molecule has 0 saturated heterocycles. The van der Waals surface area contributed by atoms with Gasteiger partial charge in [0.25, 0.3) is 0 Å². The van der Waals surface area contributed by atoms with Crippen molar-refractivity contribution in [1.29, 1.82) is 0 Å². The van der Waals surface area contributed by atoms with Crippen LogP contribution in [0.25, 0.3) is 34.4 Å². The van der Waals surface area contributed by atoms with Crippen molar-refractivity contribution < 1.29 is 30.6 Å². The van der Waals surface area contributed by atoms with Gasteiger partial charge >= 0.3 is 345 Å². The van der Waals surface area contributed by atoms with E-state index in [9.17, 15) is 13.2 Å². The number of hydrogen-bond donors (Lipinski definition) is 0. The van der Waals surface area contributed by atoms with E-state index < -0.39 is 30.0 Å². The second-order valence-electron chi connectivity index (χ2n) is 19.8. The second kappa shape index (κ2) is 18.3. The van der Waals surface area contributed by atoms with Crippen LogP contribution in [0.1, 0.15) is 151 Å². The first-order chi connectivity index (χ1) is 27.2. The summed E-state index contributed by atoms with van der Waals surface area (Å²) in [6, 6.07) is 31.7. The predicted octanol–water partition coefficient (Wildman–Crippen LogP) is 16.5. The summed E-state index contributed by atoms with van der Waals surface area (Å²) in [5.74, 6) is 2.12. The Kier molecular flexibility index (Phi) is 14.4. The first-order valence-corrected chi connectivity index (χ1v) is 35.1. The Morgan fingerprint density at radius 2 is 0.966 bits per heavy atom. The van der Waals surface area contributed by atoms with E-state index in [4.69, 9.17) is 0 Å². The van der Waals surface area contributed by atoms with E-state index in [0.29, 0.717) is 23.7 Å². The van der Waals surface area contributed by atoms with Gasteiger partial charge in [0.1, 0.15) is 0 Å². The molecule has 0 heterocycles. The van der Waals surface area contributed by atoms with Crippen LogP contribution in [0.2, 0.25) is 8.76 Å². The van der Waals surface area contributed by atoms with Gasteiger partial charge in [-0.2, -0.15) is 0 Å². The molecule has 4 aromatic rings. The number of halogens is 5. The molecule has 2 atom stereocenters. The molecule has 2 unspecified atom stereocenters. The van der Waals surface area contributed by atoms with Crippen molar-refractivity contribution in [3.05, 3.63) is 129 Å². The van der Waals surface area contributed by atoms with Gasteiger partial charge in [0.2, 0.25) is 0 Å². The third-order valence-corrected chi connectivity index (χ3v) is 37.8. The van der Waals surface area contributed by atoms with Gasteiger partial charge in [-0.15, -0.1) is 24.8 Å². The van der Waals surface area contributed by atoms with Gasteiger partial charge in [-0.1, -0.05) is 0 Å². The van der Waals surface area contributed by atoms with E-state index in [1.807, 2.05) is 0 Å². The molecule has 0 N–H and O–H groups in total. The minimum absolute atomic E-state index is 0. The molecular formula is C52H65Cl2F3SiZr. The zero-order valence-corrected chi connectivity index (χ0v) is 41.3. The molecular weight excluding hydrogens is 872 g/mol. The van der Waals surface area contributed by atoms with Crippen LogP contribution in [0.5, 0.6) is 0 Å². The van der Waals surface area contributed by atoms with Crippen LogP contribution in [-0.4, -0.2) is 13.1 Å². The molecule has 0 nitrogen and oxygen atoms in total. The number of fused-ring (bicyclic) bond motifs is 2. The van der Waals surface area contributed by atoms with Crippen molar-refractivity contribution in [3.8, 4) is 22.3 Å². The van der Waals surface area contributed by atoms with Crippen molar-refractivity contribution in [2.75, 3.05) is 0 Å². The minimum atomic E-state index is -4.78. The van der Waals surface area contributed by atoms with Gasteiger partial charge in [0.15, 0.2) is 0 Å². The minimum Gasteiger partial charge on any atom is -0.147 e. The standard InChI is InChI=1S/2C24H27.C3H4F3.CH3.2ClH.H2Si.Zr/c2*1-17(2)20-10-12-21(13-11-20)23-9-5-8-22-15-19(16-24(22)23)14-18-6-3-4-7-18;1-2-3(4,5)6;;;;;/h2*5,8-13,15-18H,3-4,6-7,14H2,1-2H3;1-2H2;1H3;2*1H;1H2;. The maximum atomic E-state index is 14.9. The normalized spacial score (nSPS) is 19.7. The molecule has 59 heavy (non-hydrogen) atoms. The average molecular weight is 937 g/mol. The molecule has 0 radical (unpaired) electrons. The Bertz CT molecular complexity index is 2090. The fourth-order valence-corrected chi connectivity index (χ4v) is 35.7. The van der Waals surface area contributed by atoms with Crippen LogP contribution in [-0.2, 0) is 17.4 Å². The summed E-state index contributed by atoms with van der Waals surface area (Å²) in [6.45, 7) is 11.1. The van der Waals surface area contributed by atoms with Crippen molar-refractivity contribution in [3.63, 3.8) is 0 Å². The van der Waals surface area contributed by atoms with Gasteiger partial charge in [0.05, 0.1) is 0 Å². The molecule has 4 aliphatic rings. The molecule has 0 aliphatic heterocycles. The Labute approximate surface area is 367 Å². The molecule has 2 saturated carbocycles. The van der Waals surface area contributed by atoms with Gasteiger partial charge in [-0.25, -0.2) is 0 Å². The zero-order valence-electron chi connectivity index (χ0n) is 35.8. The van der Waals surface area contributed by atoms with Crippen LogP contribution in [0, 0.1) is 11.8 Å². The summed E-state index contributed by atoms with van der Waals surface area (Å²) < 4.78 is 47.7. The first-order valence-electron chi connectivity index (χ1n) is 22.2. The quantitative estimate of drug-likeness (QED) is 0.124. The molecule has 0 spiro atoms. The molecule has 0 amide bonds. The first kappa shape index (κ1) is 46.3. The summed E-state index contributed by atoms with van der Waals surface area (Å²) in [5.41, 5.74) is 15.6. The number of alkyl halides is 3. The molecule has 4 aromatic carbocycles. The third kappa shape index (κ3) is 9.31. The fraction of sp³-hybridized carbons (Fsp3) is 0.462. The van der Waals surface area contributed by atoms with Crippen LogP contribution in [0.3, 0.4) is 0 Å². The molecule has 8 rings (SSSR count). The zero-order chi connectivity index (χ0) is 40.1. The summed E-state index contributed by atoms with van der Waals surface area (Å²) in [6.07, 6.45) is 12.1. The second-order valence-corrected chi connectivity index (χ2v) is 48.2. The summed E-state index contributed by atoms with van der Waals surface area (Å²) in [4.78, 5) is 0. The van der Waals surface area contributed by atoms with Gasteiger partial charge in [-0.3, -0.25) is 0 Å². The van der Waals surface area contributed by atoms with E-state index in [2.05, 4.69) is 136 Å². The Hall–Kier alpha value is -2.17. The summed E-state index contributed by atoms with van der Waals surface area (Å²) >= 11 is -4.78. The van der Waals surface area contributed by atoms with E-state index >= 15 is 0 Å². The number of allylic oxidation sites excluding steroid dienone is 2. The van der Waals surface area contributed by atoms with E-state index in [0.717, 1.165) is 12.8 Å². The third-order valence-electron chi connectivity index (χ3n) is 14.9. The van der Waals surface area contributed by atoms with Crippen LogP contribution >= 0.6 is 24.8 Å². The smallest absolute Gasteiger partial charge is 0.147 e. The largest absolute Gasteiger partial charge is 0.147 e. The fourth-order valence-electron chi connectivity index (χ4n) is 12.0. The van der Waals surface area contributed by atoms with Gasteiger partial charge < -0.3 is 0 Å². The van der Waals surface area contributed by atoms with Crippen molar-refractivity contribution in [1.82, 2.24) is 0 Å². The average Bonchev–Trinajstić information content (AvgIpc) is 4.01. The Morgan fingerprint density at radius 1 is 0.593 bits per heavy atom. The number of rotatable bonds is 12. The molecule has 4 aliphatic carbocycles. The summed E-state index contributed by atoms with van der Waals surface area (Å²) in [5, 5.41) is 0. The van der Waals surface area contributed by atoms with E-state index in [1.54, 1.807) is 0 Å². The van der Waals surface area contributed by atoms with Crippen LogP contribution in [0.15, 0.2) is 96.1 Å². The SMILES string of the molecule is CC(C)c1ccc(-c2cccc3c2C=C(CC2CCCC2)[CH]3[Zr]([CH3])(=[SiH2])([CH2]CC(F)(F)F)[CH]2C(CC3CCCC3)=Cc3c(-c4ccc(C(C)C)cc4)cccc32)cc1.Cl.Cl. The predicted molar refractivity (Wildman–Crippen MR) is 251 cm³/mol. The van der Waals surface area contributed by atoms with Crippen molar-refractivity contribution >= 4 is 43.8 Å². The maximum Gasteiger partial charge on any atom is -0.147 e. The molecule has 0 aromatic heterocycles. The number of benzene rings is 4. The maximum absolute atomic E-state index is 14.9. The van der Waals surface area contributed by atoms with Crippen LogP contribution < -0.4 is 0 Å². The van der Waals surface area contributed by atoms with Crippen LogP contribution in [0.4, 0.5) is 13.2 Å². The van der Waals surface area contributed by atoms with E-state index in [1.165, 1.54) is 118 Å². The molecule has 316 valence electrons. The monoisotopic (exact) mass is 934 g/mol. The van der Waals surface area contributed by atoms with E-state index in [-0.39, 0.29) is 36.2 Å². The van der Waals surface area contributed by atoms with Gasteiger partial charge in [0, 0.05) is 0 Å².